The minimum absolute atomic E-state index is 0.0680. The van der Waals surface area contributed by atoms with E-state index in [2.05, 4.69) is 89.9 Å². The molecule has 0 N–H and O–H groups in total. The molecule has 0 aliphatic heterocycles. The van der Waals surface area contributed by atoms with Crippen molar-refractivity contribution in [3.05, 3.63) is 176 Å². The number of fused-ring (bicyclic) bond motifs is 3. The van der Waals surface area contributed by atoms with Gasteiger partial charge >= 0.3 is 0 Å². The molecule has 0 aliphatic carbocycles. The molecule has 0 bridgehead atoms. The number of pyridine rings is 1. The fourth-order valence-electron chi connectivity index (χ4n) is 6.80. The number of imidazole rings is 1. The molecule has 0 fully saturated rings. The lowest BCUT2D eigenvalue weighted by atomic mass is 9.84. The van der Waals surface area contributed by atoms with Crippen molar-refractivity contribution in [3.63, 3.8) is 0 Å². The molecule has 7 aromatic carbocycles. The van der Waals surface area contributed by atoms with Gasteiger partial charge in [-0.3, -0.25) is 9.55 Å². The molecule has 220 valence electrons. The molecule has 0 saturated heterocycles. The third-order valence-electron chi connectivity index (χ3n) is 8.82. The normalized spacial score (nSPS) is 12.9. The number of hydrogen-bond donors (Lipinski definition) is 0. The summed E-state index contributed by atoms with van der Waals surface area (Å²) in [6.45, 7) is 0. The lowest BCUT2D eigenvalue weighted by Gasteiger charge is -2.19. The Balaban J connectivity index is 1.26. The van der Waals surface area contributed by atoms with Crippen molar-refractivity contribution in [1.82, 2.24) is 14.5 Å². The van der Waals surface area contributed by atoms with Gasteiger partial charge in [0.2, 0.25) is 0 Å². The van der Waals surface area contributed by atoms with Crippen LogP contribution in [0.15, 0.2) is 176 Å². The first-order chi connectivity index (χ1) is 25.4. The van der Waals surface area contributed by atoms with Crippen molar-refractivity contribution in [2.24, 2.45) is 0 Å². The number of hydrogen-bond acceptors (Lipinski definition) is 2. The highest BCUT2D eigenvalue weighted by Crippen LogP contribution is 2.46. The van der Waals surface area contributed by atoms with Crippen molar-refractivity contribution in [1.29, 1.82) is 0 Å². The van der Waals surface area contributed by atoms with Gasteiger partial charge in [-0.2, -0.15) is 0 Å². The summed E-state index contributed by atoms with van der Waals surface area (Å²) in [6, 6.07) is 43.6. The van der Waals surface area contributed by atoms with Crippen LogP contribution < -0.4 is 0 Å². The van der Waals surface area contributed by atoms with Gasteiger partial charge in [0, 0.05) is 23.6 Å². The van der Waals surface area contributed by atoms with Crippen LogP contribution in [0.2, 0.25) is 0 Å². The van der Waals surface area contributed by atoms with Gasteiger partial charge in [0.1, 0.15) is 5.82 Å². The van der Waals surface area contributed by atoms with Crippen LogP contribution in [0.4, 0.5) is 0 Å². The Morgan fingerprint density at radius 3 is 1.70 bits per heavy atom. The third-order valence-corrected chi connectivity index (χ3v) is 8.82. The summed E-state index contributed by atoms with van der Waals surface area (Å²) < 4.78 is 44.1. The zero-order valence-corrected chi connectivity index (χ0v) is 25.2. The number of aromatic nitrogens is 3. The Kier molecular flexibility index (Phi) is 5.32. The fourth-order valence-corrected chi connectivity index (χ4v) is 6.80. The average Bonchev–Trinajstić information content (AvgIpc) is 3.58. The molecule has 9 rings (SSSR count). The topological polar surface area (TPSA) is 30.7 Å². The maximum absolute atomic E-state index is 8.76. The minimum Gasteiger partial charge on any atom is -0.292 e. The first kappa shape index (κ1) is 22.2. The summed E-state index contributed by atoms with van der Waals surface area (Å²) in [6.07, 6.45) is 3.66. The molecule has 0 aliphatic rings. The highest BCUT2D eigenvalue weighted by molar-refractivity contribution is 6.22. The first-order valence-corrected chi connectivity index (χ1v) is 15.5. The zero-order chi connectivity index (χ0) is 35.5. The molecule has 9 aromatic rings. The summed E-state index contributed by atoms with van der Waals surface area (Å²) in [4.78, 5) is 9.18. The van der Waals surface area contributed by atoms with Crippen LogP contribution in [0.25, 0.3) is 83.0 Å². The maximum atomic E-state index is 8.76. The SMILES string of the molecule is [2H]c1c([2H])c([2H])c(-n2c(-c3ccc(-c4c5ccccc5c(-c5ccccc5-c5ccncc5)c5ccccc45)cc3)nc3ccccc32)c([2H])c1[2H]. The maximum Gasteiger partial charge on any atom is 0.145 e. The van der Waals surface area contributed by atoms with Gasteiger partial charge in [-0.15, -0.1) is 0 Å². The first-order valence-electron chi connectivity index (χ1n) is 18.0. The van der Waals surface area contributed by atoms with Crippen LogP contribution in [0.1, 0.15) is 6.85 Å². The molecule has 3 nitrogen and oxygen atoms in total. The smallest absolute Gasteiger partial charge is 0.145 e. The molecular formula is C44H29N3. The Labute approximate surface area is 280 Å². The second-order valence-corrected chi connectivity index (χ2v) is 11.4. The van der Waals surface area contributed by atoms with Gasteiger partial charge in [0.25, 0.3) is 0 Å². The summed E-state index contributed by atoms with van der Waals surface area (Å²) >= 11 is 0. The Bertz CT molecular complexity index is 2760. The molecule has 2 aromatic heterocycles. The summed E-state index contributed by atoms with van der Waals surface area (Å²) in [7, 11) is 0. The lowest BCUT2D eigenvalue weighted by Crippen LogP contribution is -1.97. The second-order valence-electron chi connectivity index (χ2n) is 11.4. The predicted octanol–water partition coefficient (Wildman–Crippen LogP) is 11.4. The molecule has 2 heterocycles. The van der Waals surface area contributed by atoms with E-state index >= 15 is 0 Å². The molecule has 3 heteroatoms. The standard InChI is InChI=1S/C44H29N3/c1-2-12-33(13-3-1)47-41-21-11-10-20-40(41)46-44(47)32-24-22-31(23-25-32)42-36-16-6-8-18-38(36)43(39-19-9-7-17-37(39)42)35-15-5-4-14-34(35)30-26-28-45-29-27-30/h1-29H/i1D,2D,3D,12D,13D. The Morgan fingerprint density at radius 1 is 0.468 bits per heavy atom. The van der Waals surface area contributed by atoms with E-state index in [0.29, 0.717) is 16.9 Å². The van der Waals surface area contributed by atoms with Crippen LogP contribution >= 0.6 is 0 Å². The van der Waals surface area contributed by atoms with Gasteiger partial charge < -0.3 is 0 Å². The van der Waals surface area contributed by atoms with Gasteiger partial charge in [-0.1, -0.05) is 127 Å². The number of rotatable bonds is 5. The number of para-hydroxylation sites is 3. The molecule has 47 heavy (non-hydrogen) atoms. The summed E-state index contributed by atoms with van der Waals surface area (Å²) in [5, 5.41) is 4.54. The molecule has 0 atom stereocenters. The quantitative estimate of drug-likeness (QED) is 0.183. The monoisotopic (exact) mass is 604 g/mol. The van der Waals surface area contributed by atoms with Crippen LogP contribution in [-0.2, 0) is 0 Å². The van der Waals surface area contributed by atoms with E-state index in [1.54, 1.807) is 4.57 Å². The van der Waals surface area contributed by atoms with Crippen molar-refractivity contribution >= 4 is 32.6 Å². The van der Waals surface area contributed by atoms with E-state index in [9.17, 15) is 0 Å². The number of benzene rings is 7. The highest BCUT2D eigenvalue weighted by Gasteiger charge is 2.19. The molecule has 0 radical (unpaired) electrons. The molecule has 0 spiro atoms. The van der Waals surface area contributed by atoms with Crippen LogP contribution in [0.5, 0.6) is 0 Å². The fraction of sp³-hybridized carbons (Fsp3) is 0. The van der Waals surface area contributed by atoms with E-state index in [0.717, 1.165) is 54.9 Å². The Morgan fingerprint density at radius 2 is 1.02 bits per heavy atom. The predicted molar refractivity (Wildman–Crippen MR) is 196 cm³/mol. The van der Waals surface area contributed by atoms with Gasteiger partial charge in [-0.25, -0.2) is 4.98 Å². The number of nitrogens with zero attached hydrogens (tertiary/aromatic N) is 3. The van der Waals surface area contributed by atoms with E-state index in [-0.39, 0.29) is 29.9 Å². The Hall–Kier alpha value is -6.32. The largest absolute Gasteiger partial charge is 0.292 e. The molecule has 0 amide bonds. The van der Waals surface area contributed by atoms with E-state index < -0.39 is 6.04 Å². The van der Waals surface area contributed by atoms with Crippen molar-refractivity contribution in [3.8, 4) is 50.5 Å². The summed E-state index contributed by atoms with van der Waals surface area (Å²) in [5.41, 5.74) is 8.83. The molecule has 0 unspecified atom stereocenters. The van der Waals surface area contributed by atoms with Crippen LogP contribution in [-0.4, -0.2) is 14.5 Å². The van der Waals surface area contributed by atoms with E-state index in [4.69, 9.17) is 11.8 Å². The zero-order valence-electron chi connectivity index (χ0n) is 30.2. The van der Waals surface area contributed by atoms with E-state index in [1.165, 1.54) is 5.56 Å². The third kappa shape index (κ3) is 4.52. The highest BCUT2D eigenvalue weighted by atomic mass is 15.1. The molecule has 0 saturated carbocycles. The lowest BCUT2D eigenvalue weighted by molar-refractivity contribution is 1.10. The second kappa shape index (κ2) is 11.2. The van der Waals surface area contributed by atoms with Crippen molar-refractivity contribution < 1.29 is 6.85 Å². The average molecular weight is 605 g/mol. The van der Waals surface area contributed by atoms with Gasteiger partial charge in [0.15, 0.2) is 0 Å². The minimum atomic E-state index is -0.430. The van der Waals surface area contributed by atoms with Crippen LogP contribution in [0, 0.1) is 0 Å². The van der Waals surface area contributed by atoms with Crippen LogP contribution in [0.3, 0.4) is 0 Å². The summed E-state index contributed by atoms with van der Waals surface area (Å²) in [5.74, 6) is 0.490. The van der Waals surface area contributed by atoms with Gasteiger partial charge in [0.05, 0.1) is 17.9 Å². The van der Waals surface area contributed by atoms with Crippen molar-refractivity contribution in [2.45, 2.75) is 0 Å². The van der Waals surface area contributed by atoms with Gasteiger partial charge in [-0.05, 0) is 91.3 Å². The van der Waals surface area contributed by atoms with Crippen molar-refractivity contribution in [2.75, 3.05) is 0 Å². The van der Waals surface area contributed by atoms with E-state index in [1.807, 2.05) is 60.9 Å². The molecular weight excluding hydrogens is 571 g/mol.